The van der Waals surface area contributed by atoms with E-state index in [1.165, 1.54) is 12.1 Å². The fourth-order valence-electron chi connectivity index (χ4n) is 3.49. The third-order valence-electron chi connectivity index (χ3n) is 4.89. The van der Waals surface area contributed by atoms with Gasteiger partial charge in [-0.05, 0) is 61.4 Å². The lowest BCUT2D eigenvalue weighted by Crippen LogP contribution is -2.38. The second kappa shape index (κ2) is 6.87. The lowest BCUT2D eigenvalue weighted by Gasteiger charge is -2.27. The van der Waals surface area contributed by atoms with Crippen LogP contribution < -0.4 is 9.64 Å². The van der Waals surface area contributed by atoms with Gasteiger partial charge in [-0.15, -0.1) is 0 Å². The molecule has 1 aromatic heterocycles. The van der Waals surface area contributed by atoms with Gasteiger partial charge in [0.05, 0.1) is 18.5 Å². The molecule has 0 radical (unpaired) electrons. The van der Waals surface area contributed by atoms with E-state index in [0.29, 0.717) is 17.9 Å². The quantitative estimate of drug-likeness (QED) is 0.707. The van der Waals surface area contributed by atoms with E-state index in [-0.39, 0.29) is 11.7 Å². The molecule has 5 nitrogen and oxygen atoms in total. The van der Waals surface area contributed by atoms with Crippen LogP contribution in [-0.2, 0) is 12.8 Å². The molecule has 2 heterocycles. The molecular weight excluding hydrogens is 345 g/mol. The van der Waals surface area contributed by atoms with E-state index in [1.54, 1.807) is 28.8 Å². The number of carbonyl (C=O) groups is 1. The number of aryl methyl sites for hydroxylation is 1. The molecule has 0 saturated carbocycles. The van der Waals surface area contributed by atoms with E-state index in [9.17, 15) is 9.18 Å². The number of nitrogens with zero attached hydrogens (tertiary/aromatic N) is 3. The SMILES string of the molecule is CCc1nn(-c2ccc(OC)cc2)c2c1CCN(c1ccc(F)cc1)C2=O. The smallest absolute Gasteiger partial charge is 0.277 e. The summed E-state index contributed by atoms with van der Waals surface area (Å²) in [6.45, 7) is 2.59. The minimum Gasteiger partial charge on any atom is -0.497 e. The fraction of sp³-hybridized carbons (Fsp3) is 0.238. The summed E-state index contributed by atoms with van der Waals surface area (Å²) in [6.07, 6.45) is 1.48. The first-order valence-corrected chi connectivity index (χ1v) is 8.95. The molecule has 1 amide bonds. The van der Waals surface area contributed by atoms with Gasteiger partial charge < -0.3 is 9.64 Å². The Labute approximate surface area is 157 Å². The van der Waals surface area contributed by atoms with Gasteiger partial charge in [-0.3, -0.25) is 4.79 Å². The van der Waals surface area contributed by atoms with Crippen LogP contribution in [0, 0.1) is 5.82 Å². The molecule has 0 fully saturated rings. The van der Waals surface area contributed by atoms with Crippen molar-refractivity contribution in [2.75, 3.05) is 18.6 Å². The Morgan fingerprint density at radius 2 is 1.74 bits per heavy atom. The molecule has 0 saturated heterocycles. The van der Waals surface area contributed by atoms with Crippen molar-refractivity contribution in [3.8, 4) is 11.4 Å². The second-order valence-corrected chi connectivity index (χ2v) is 6.42. The maximum Gasteiger partial charge on any atom is 0.277 e. The molecule has 2 aromatic carbocycles. The van der Waals surface area contributed by atoms with Gasteiger partial charge in [0.2, 0.25) is 0 Å². The maximum absolute atomic E-state index is 13.3. The molecule has 3 aromatic rings. The molecular formula is C21H20FN3O2. The Morgan fingerprint density at radius 3 is 2.37 bits per heavy atom. The first kappa shape index (κ1) is 17.3. The number of benzene rings is 2. The number of carbonyl (C=O) groups excluding carboxylic acids is 1. The number of rotatable bonds is 4. The monoisotopic (exact) mass is 365 g/mol. The predicted octanol–water partition coefficient (Wildman–Crippen LogP) is 3.79. The van der Waals surface area contributed by atoms with Crippen LogP contribution in [0.2, 0.25) is 0 Å². The summed E-state index contributed by atoms with van der Waals surface area (Å²) in [4.78, 5) is 15.0. The summed E-state index contributed by atoms with van der Waals surface area (Å²) >= 11 is 0. The summed E-state index contributed by atoms with van der Waals surface area (Å²) in [5, 5.41) is 4.70. The van der Waals surface area contributed by atoms with E-state index in [0.717, 1.165) is 35.5 Å². The van der Waals surface area contributed by atoms with Gasteiger partial charge in [-0.1, -0.05) is 6.92 Å². The van der Waals surface area contributed by atoms with Crippen LogP contribution in [0.4, 0.5) is 10.1 Å². The molecule has 0 spiro atoms. The molecule has 1 aliphatic rings. The molecule has 4 rings (SSSR count). The number of fused-ring (bicyclic) bond motifs is 1. The molecule has 27 heavy (non-hydrogen) atoms. The molecule has 0 N–H and O–H groups in total. The zero-order valence-corrected chi connectivity index (χ0v) is 15.3. The van der Waals surface area contributed by atoms with Crippen molar-refractivity contribution in [3.05, 3.63) is 71.3 Å². The Balaban J connectivity index is 1.79. The van der Waals surface area contributed by atoms with Crippen molar-refractivity contribution in [3.63, 3.8) is 0 Å². The number of aromatic nitrogens is 2. The molecule has 0 aliphatic carbocycles. The van der Waals surface area contributed by atoms with Crippen LogP contribution >= 0.6 is 0 Å². The van der Waals surface area contributed by atoms with Crippen LogP contribution in [0.1, 0.15) is 28.7 Å². The van der Waals surface area contributed by atoms with Crippen LogP contribution in [-0.4, -0.2) is 29.3 Å². The van der Waals surface area contributed by atoms with Gasteiger partial charge >= 0.3 is 0 Å². The topological polar surface area (TPSA) is 47.4 Å². The van der Waals surface area contributed by atoms with Gasteiger partial charge in [-0.25, -0.2) is 9.07 Å². The lowest BCUT2D eigenvalue weighted by molar-refractivity contribution is 0.0973. The largest absolute Gasteiger partial charge is 0.497 e. The highest BCUT2D eigenvalue weighted by Crippen LogP contribution is 2.29. The van der Waals surface area contributed by atoms with E-state index in [2.05, 4.69) is 0 Å². The van der Waals surface area contributed by atoms with Crippen molar-refractivity contribution < 1.29 is 13.9 Å². The Hall–Kier alpha value is -3.15. The van der Waals surface area contributed by atoms with Gasteiger partial charge in [0.15, 0.2) is 0 Å². The molecule has 0 bridgehead atoms. The number of methoxy groups -OCH3 is 1. The molecule has 6 heteroatoms. The van der Waals surface area contributed by atoms with Crippen molar-refractivity contribution in [2.45, 2.75) is 19.8 Å². The summed E-state index contributed by atoms with van der Waals surface area (Å²) in [5.74, 6) is 0.307. The average Bonchev–Trinajstić information content (AvgIpc) is 3.09. The number of anilines is 1. The highest BCUT2D eigenvalue weighted by atomic mass is 19.1. The van der Waals surface area contributed by atoms with Crippen molar-refractivity contribution in [1.29, 1.82) is 0 Å². The van der Waals surface area contributed by atoms with E-state index in [1.807, 2.05) is 31.2 Å². The average molecular weight is 365 g/mol. The van der Waals surface area contributed by atoms with Crippen LogP contribution in [0.15, 0.2) is 48.5 Å². The van der Waals surface area contributed by atoms with Crippen molar-refractivity contribution in [2.24, 2.45) is 0 Å². The zero-order chi connectivity index (χ0) is 19.0. The second-order valence-electron chi connectivity index (χ2n) is 6.42. The highest BCUT2D eigenvalue weighted by Gasteiger charge is 2.32. The maximum atomic E-state index is 13.3. The molecule has 0 unspecified atom stereocenters. The highest BCUT2D eigenvalue weighted by molar-refractivity contribution is 6.07. The van der Waals surface area contributed by atoms with Crippen LogP contribution in [0.5, 0.6) is 5.75 Å². The van der Waals surface area contributed by atoms with Gasteiger partial charge in [0.1, 0.15) is 17.3 Å². The summed E-state index contributed by atoms with van der Waals surface area (Å²) in [5.41, 5.74) is 4.01. The van der Waals surface area contributed by atoms with Crippen molar-refractivity contribution in [1.82, 2.24) is 9.78 Å². The number of hydrogen-bond acceptors (Lipinski definition) is 3. The zero-order valence-electron chi connectivity index (χ0n) is 15.3. The molecule has 0 atom stereocenters. The number of halogens is 1. The predicted molar refractivity (Wildman–Crippen MR) is 101 cm³/mol. The number of ether oxygens (including phenoxy) is 1. The lowest BCUT2D eigenvalue weighted by atomic mass is 10.0. The first-order valence-electron chi connectivity index (χ1n) is 8.95. The number of amides is 1. The van der Waals surface area contributed by atoms with Crippen LogP contribution in [0.25, 0.3) is 5.69 Å². The Morgan fingerprint density at radius 1 is 1.07 bits per heavy atom. The summed E-state index contributed by atoms with van der Waals surface area (Å²) < 4.78 is 20.2. The minimum absolute atomic E-state index is 0.120. The van der Waals surface area contributed by atoms with E-state index in [4.69, 9.17) is 9.84 Å². The standard InChI is InChI=1S/C21H20FN3O2/c1-3-19-18-12-13-24(15-6-4-14(22)5-7-15)21(26)20(18)25(23-19)16-8-10-17(27-2)11-9-16/h4-11H,3,12-13H2,1-2H3. The van der Waals surface area contributed by atoms with Gasteiger partial charge in [0, 0.05) is 17.8 Å². The Kier molecular flexibility index (Phi) is 4.39. The molecule has 1 aliphatic heterocycles. The first-order chi connectivity index (χ1) is 13.1. The van der Waals surface area contributed by atoms with Crippen molar-refractivity contribution >= 4 is 11.6 Å². The normalized spacial score (nSPS) is 13.6. The van der Waals surface area contributed by atoms with E-state index < -0.39 is 0 Å². The summed E-state index contributed by atoms with van der Waals surface area (Å²) in [7, 11) is 1.62. The van der Waals surface area contributed by atoms with Gasteiger partial charge in [0.25, 0.3) is 5.91 Å². The minimum atomic E-state index is -0.319. The van der Waals surface area contributed by atoms with E-state index >= 15 is 0 Å². The third-order valence-corrected chi connectivity index (χ3v) is 4.89. The Bertz CT molecular complexity index is 978. The fourth-order valence-corrected chi connectivity index (χ4v) is 3.49. The van der Waals surface area contributed by atoms with Crippen LogP contribution in [0.3, 0.4) is 0 Å². The third kappa shape index (κ3) is 2.97. The summed E-state index contributed by atoms with van der Waals surface area (Å²) in [6, 6.07) is 13.5. The molecule has 138 valence electrons. The number of hydrogen-bond donors (Lipinski definition) is 0. The van der Waals surface area contributed by atoms with Gasteiger partial charge in [-0.2, -0.15) is 5.10 Å².